The van der Waals surface area contributed by atoms with Gasteiger partial charge >= 0.3 is 18.1 Å². The summed E-state index contributed by atoms with van der Waals surface area (Å²) in [5.41, 5.74) is 4.61. The third kappa shape index (κ3) is 4.89. The maximum absolute atomic E-state index is 11.6. The van der Waals surface area contributed by atoms with Gasteiger partial charge in [0.05, 0.1) is 5.56 Å². The van der Waals surface area contributed by atoms with Crippen LogP contribution in [0.4, 0.5) is 10.5 Å². The van der Waals surface area contributed by atoms with Crippen LogP contribution in [0, 0.1) is 5.21 Å². The number of carbonyl (C=O) groups is 3. The fourth-order valence-corrected chi connectivity index (χ4v) is 1.72. The molecule has 0 aliphatic rings. The predicted molar refractivity (Wildman–Crippen MR) is 75.2 cm³/mol. The van der Waals surface area contributed by atoms with Crippen molar-refractivity contribution in [3.63, 3.8) is 0 Å². The van der Waals surface area contributed by atoms with Crippen molar-refractivity contribution < 1.29 is 44.5 Å². The molecule has 1 aromatic rings. The summed E-state index contributed by atoms with van der Waals surface area (Å²) in [5.74, 6) is -3.06. The van der Waals surface area contributed by atoms with E-state index in [0.717, 1.165) is 6.07 Å². The second-order valence-electron chi connectivity index (χ2n) is 4.67. The first-order chi connectivity index (χ1) is 11.1. The summed E-state index contributed by atoms with van der Waals surface area (Å²) >= 11 is 0. The monoisotopic (exact) mass is 344 g/mol. The predicted octanol–water partition coefficient (Wildman–Crippen LogP) is -0.831. The van der Waals surface area contributed by atoms with Gasteiger partial charge in [-0.05, 0) is 13.0 Å². The summed E-state index contributed by atoms with van der Waals surface area (Å²) in [5, 5.41) is 36.6. The minimum absolute atomic E-state index is 0.273. The van der Waals surface area contributed by atoms with Gasteiger partial charge in [0.25, 0.3) is 0 Å². The minimum Gasteiger partial charge on any atom is -0.595 e. The SMILES string of the molecule is C[C@@H](OC(=O)OC(C(=O)O)c1ccccc1[NH+]([O-])O)[C@H](N)C(=O)O. The Kier molecular flexibility index (Phi) is 6.61. The first kappa shape index (κ1) is 19.3. The Bertz CT molecular complexity index is 619. The number of hydrogen-bond acceptors (Lipinski definition) is 8. The number of benzene rings is 1. The van der Waals surface area contributed by atoms with Crippen molar-refractivity contribution in [3.05, 3.63) is 35.0 Å². The number of carboxylic acid groups (broad SMARTS) is 2. The van der Waals surface area contributed by atoms with E-state index in [1.807, 2.05) is 0 Å². The Hall–Kier alpha value is -2.73. The van der Waals surface area contributed by atoms with Gasteiger partial charge in [-0.2, -0.15) is 5.23 Å². The Morgan fingerprint density at radius 2 is 1.75 bits per heavy atom. The van der Waals surface area contributed by atoms with Crippen molar-refractivity contribution in [1.82, 2.24) is 0 Å². The molecule has 11 nitrogen and oxygen atoms in total. The van der Waals surface area contributed by atoms with Crippen LogP contribution in [-0.2, 0) is 19.1 Å². The van der Waals surface area contributed by atoms with E-state index in [0.29, 0.717) is 0 Å². The van der Waals surface area contributed by atoms with E-state index in [1.54, 1.807) is 0 Å². The smallest absolute Gasteiger partial charge is 0.509 e. The Morgan fingerprint density at radius 1 is 1.17 bits per heavy atom. The number of nitrogens with one attached hydrogen (secondary N) is 1. The van der Waals surface area contributed by atoms with Crippen LogP contribution >= 0.6 is 0 Å². The number of carbonyl (C=O) groups excluding carboxylic acids is 1. The van der Waals surface area contributed by atoms with Crippen molar-refractivity contribution >= 4 is 23.8 Å². The molecule has 132 valence electrons. The normalized spacial score (nSPS) is 15.7. The van der Waals surface area contributed by atoms with Gasteiger partial charge in [0.1, 0.15) is 12.1 Å². The third-order valence-electron chi connectivity index (χ3n) is 2.99. The summed E-state index contributed by atoms with van der Waals surface area (Å²) in [6.45, 7) is 1.18. The third-order valence-corrected chi connectivity index (χ3v) is 2.99. The van der Waals surface area contributed by atoms with Gasteiger partial charge in [0.15, 0.2) is 5.69 Å². The van der Waals surface area contributed by atoms with Gasteiger partial charge in [0, 0.05) is 6.07 Å². The highest BCUT2D eigenvalue weighted by atomic mass is 16.8. The Balaban J connectivity index is 2.94. The fourth-order valence-electron chi connectivity index (χ4n) is 1.72. The molecule has 4 atom stereocenters. The lowest BCUT2D eigenvalue weighted by Crippen LogP contribution is -2.99. The zero-order valence-corrected chi connectivity index (χ0v) is 12.4. The van der Waals surface area contributed by atoms with E-state index in [-0.39, 0.29) is 11.3 Å². The molecule has 0 amide bonds. The molecule has 0 saturated carbocycles. The van der Waals surface area contributed by atoms with E-state index in [4.69, 9.17) is 21.2 Å². The molecular formula is C13H16N2O9. The molecule has 0 saturated heterocycles. The maximum atomic E-state index is 11.6. The minimum atomic E-state index is -1.95. The van der Waals surface area contributed by atoms with Gasteiger partial charge in [0.2, 0.25) is 6.10 Å². The topological polar surface area (TPSA) is 184 Å². The molecule has 0 spiro atoms. The van der Waals surface area contributed by atoms with Crippen LogP contribution in [0.25, 0.3) is 0 Å². The highest BCUT2D eigenvalue weighted by molar-refractivity contribution is 5.79. The van der Waals surface area contributed by atoms with Crippen LogP contribution in [0.1, 0.15) is 18.6 Å². The Labute approximate surface area is 135 Å². The average molecular weight is 344 g/mol. The molecule has 0 aromatic heterocycles. The molecule has 0 aliphatic carbocycles. The number of para-hydroxylation sites is 1. The van der Waals surface area contributed by atoms with Crippen molar-refractivity contribution in [2.45, 2.75) is 25.2 Å². The standard InChI is InChI=1S/C13H16N2O9/c1-6(9(14)11(16)17)23-13(20)24-10(12(18)19)7-4-2-3-5-8(7)15(21)22/h2-6,9-10,15,21H,14H2,1H3,(H,16,17)(H,18,19)/t6-,9+,10?/m1/s1. The zero-order chi connectivity index (χ0) is 18.4. The molecule has 0 heterocycles. The maximum Gasteiger partial charge on any atom is 0.509 e. The molecule has 24 heavy (non-hydrogen) atoms. The summed E-state index contributed by atoms with van der Waals surface area (Å²) in [6, 6.07) is 3.52. The second kappa shape index (κ2) is 8.21. The van der Waals surface area contributed by atoms with Crippen LogP contribution in [0.2, 0.25) is 0 Å². The summed E-state index contributed by atoms with van der Waals surface area (Å²) in [6.07, 6.45) is -4.73. The van der Waals surface area contributed by atoms with Crippen LogP contribution in [-0.4, -0.2) is 45.7 Å². The number of rotatable bonds is 7. The lowest BCUT2D eigenvalue weighted by atomic mass is 10.1. The van der Waals surface area contributed by atoms with Crippen molar-refractivity contribution in [2.24, 2.45) is 5.73 Å². The fraction of sp³-hybridized carbons (Fsp3) is 0.308. The van der Waals surface area contributed by atoms with Crippen LogP contribution in [0.15, 0.2) is 24.3 Å². The van der Waals surface area contributed by atoms with Gasteiger partial charge in [-0.25, -0.2) is 14.8 Å². The highest BCUT2D eigenvalue weighted by Crippen LogP contribution is 2.24. The van der Waals surface area contributed by atoms with Crippen LogP contribution in [0.3, 0.4) is 0 Å². The summed E-state index contributed by atoms with van der Waals surface area (Å²) in [4.78, 5) is 33.6. The van der Waals surface area contributed by atoms with E-state index in [1.165, 1.54) is 25.1 Å². The zero-order valence-electron chi connectivity index (χ0n) is 12.4. The molecule has 0 bridgehead atoms. The molecule has 6 N–H and O–H groups in total. The van der Waals surface area contributed by atoms with Gasteiger partial charge in [-0.1, -0.05) is 12.1 Å². The molecule has 0 fully saturated rings. The Morgan fingerprint density at radius 3 is 2.25 bits per heavy atom. The average Bonchev–Trinajstić information content (AvgIpc) is 2.51. The summed E-state index contributed by atoms with van der Waals surface area (Å²) in [7, 11) is 0. The molecule has 11 heteroatoms. The highest BCUT2D eigenvalue weighted by Gasteiger charge is 2.32. The number of hydrogen-bond donors (Lipinski definition) is 5. The van der Waals surface area contributed by atoms with Crippen LogP contribution in [0.5, 0.6) is 0 Å². The number of ether oxygens (including phenoxy) is 2. The molecule has 0 radical (unpaired) electrons. The van der Waals surface area contributed by atoms with E-state index < -0.39 is 41.6 Å². The molecular weight excluding hydrogens is 328 g/mol. The lowest BCUT2D eigenvalue weighted by molar-refractivity contribution is -0.991. The number of aliphatic carboxylic acids is 2. The lowest BCUT2D eigenvalue weighted by Gasteiger charge is -2.21. The molecule has 2 unspecified atom stereocenters. The van der Waals surface area contributed by atoms with E-state index in [2.05, 4.69) is 9.47 Å². The quantitative estimate of drug-likeness (QED) is 0.309. The van der Waals surface area contributed by atoms with E-state index in [9.17, 15) is 19.6 Å². The van der Waals surface area contributed by atoms with Crippen molar-refractivity contribution in [1.29, 1.82) is 0 Å². The summed E-state index contributed by atoms with van der Waals surface area (Å²) < 4.78 is 9.22. The number of quaternary nitrogens is 1. The molecule has 1 aromatic carbocycles. The van der Waals surface area contributed by atoms with Crippen molar-refractivity contribution in [3.8, 4) is 0 Å². The van der Waals surface area contributed by atoms with Crippen molar-refractivity contribution in [2.75, 3.05) is 0 Å². The van der Waals surface area contributed by atoms with E-state index >= 15 is 0 Å². The van der Waals surface area contributed by atoms with Crippen LogP contribution < -0.4 is 11.0 Å². The molecule has 1 rings (SSSR count). The first-order valence-corrected chi connectivity index (χ1v) is 6.55. The number of carboxylic acids is 2. The van der Waals surface area contributed by atoms with Gasteiger partial charge in [-0.3, -0.25) is 4.79 Å². The largest absolute Gasteiger partial charge is 0.595 e. The van der Waals surface area contributed by atoms with Gasteiger partial charge < -0.3 is 30.6 Å². The van der Waals surface area contributed by atoms with Gasteiger partial charge in [-0.15, -0.1) is 0 Å². The first-order valence-electron chi connectivity index (χ1n) is 6.55. The number of nitrogens with two attached hydrogens (primary N) is 1. The molecule has 0 aliphatic heterocycles. The second-order valence-corrected chi connectivity index (χ2v) is 4.67.